The molecule has 1 aromatic heterocycles. The van der Waals surface area contributed by atoms with E-state index >= 15 is 0 Å². The summed E-state index contributed by atoms with van der Waals surface area (Å²) in [7, 11) is 0. The molecular formula is C23H25BrN6O. The highest BCUT2D eigenvalue weighted by molar-refractivity contribution is 9.10. The van der Waals surface area contributed by atoms with E-state index in [2.05, 4.69) is 72.0 Å². The standard InChI is InChI=1S/C23H25BrN6O/c24-19-8-6-18(7-9-19)23(31)29-28-21-20(25)22(27-15-26-21)30-12-10-17(11-13-30)14-16-4-2-1-3-5-16/h1-9,15,17H,10-14,25H2,(H,29,31)(H,26,27,28). The van der Waals surface area contributed by atoms with Crippen LogP contribution in [0.3, 0.4) is 0 Å². The van der Waals surface area contributed by atoms with E-state index in [1.165, 1.54) is 11.9 Å². The predicted molar refractivity (Wildman–Crippen MR) is 127 cm³/mol. The summed E-state index contributed by atoms with van der Waals surface area (Å²) in [5, 5.41) is 0. The van der Waals surface area contributed by atoms with Crippen molar-refractivity contribution in [2.45, 2.75) is 19.3 Å². The van der Waals surface area contributed by atoms with Crippen molar-refractivity contribution in [3.63, 3.8) is 0 Å². The van der Waals surface area contributed by atoms with Crippen molar-refractivity contribution in [2.75, 3.05) is 29.1 Å². The van der Waals surface area contributed by atoms with Gasteiger partial charge in [0.2, 0.25) is 0 Å². The van der Waals surface area contributed by atoms with Gasteiger partial charge in [-0.15, -0.1) is 0 Å². The maximum absolute atomic E-state index is 12.3. The van der Waals surface area contributed by atoms with Gasteiger partial charge >= 0.3 is 0 Å². The number of nitrogens with two attached hydrogens (primary N) is 1. The Morgan fingerprint density at radius 1 is 1.06 bits per heavy atom. The minimum absolute atomic E-state index is 0.270. The zero-order valence-electron chi connectivity index (χ0n) is 17.1. The first kappa shape index (κ1) is 21.1. The smallest absolute Gasteiger partial charge is 0.269 e. The van der Waals surface area contributed by atoms with Crippen molar-refractivity contribution >= 4 is 39.2 Å². The number of nitrogen functional groups attached to an aromatic ring is 1. The van der Waals surface area contributed by atoms with Gasteiger partial charge in [-0.2, -0.15) is 0 Å². The lowest BCUT2D eigenvalue weighted by Gasteiger charge is -2.33. The fourth-order valence-electron chi connectivity index (χ4n) is 3.82. The molecule has 1 saturated heterocycles. The molecule has 0 saturated carbocycles. The minimum atomic E-state index is -0.270. The number of nitrogens with zero attached hydrogens (tertiary/aromatic N) is 3. The number of amides is 1. The molecule has 1 aliphatic rings. The Hall–Kier alpha value is -3.13. The Bertz CT molecular complexity index is 1020. The third kappa shape index (κ3) is 5.32. The Morgan fingerprint density at radius 2 is 1.77 bits per heavy atom. The van der Waals surface area contributed by atoms with Gasteiger partial charge in [-0.1, -0.05) is 46.3 Å². The predicted octanol–water partition coefficient (Wildman–Crippen LogP) is 4.04. The van der Waals surface area contributed by atoms with Crippen LogP contribution in [-0.4, -0.2) is 29.0 Å². The number of halogens is 1. The van der Waals surface area contributed by atoms with E-state index in [4.69, 9.17) is 5.73 Å². The van der Waals surface area contributed by atoms with Gasteiger partial charge in [-0.3, -0.25) is 15.6 Å². The van der Waals surface area contributed by atoms with Crippen LogP contribution in [-0.2, 0) is 6.42 Å². The SMILES string of the molecule is Nc1c(NNC(=O)c2ccc(Br)cc2)ncnc1N1CCC(Cc2ccccc2)CC1. The molecule has 31 heavy (non-hydrogen) atoms. The van der Waals surface area contributed by atoms with Gasteiger partial charge in [0.25, 0.3) is 5.91 Å². The zero-order valence-corrected chi connectivity index (χ0v) is 18.7. The van der Waals surface area contributed by atoms with Gasteiger partial charge in [-0.05, 0) is 55.0 Å². The monoisotopic (exact) mass is 480 g/mol. The fourth-order valence-corrected chi connectivity index (χ4v) is 4.09. The molecule has 3 aromatic rings. The van der Waals surface area contributed by atoms with Crippen LogP contribution in [0.15, 0.2) is 65.4 Å². The lowest BCUT2D eigenvalue weighted by Crippen LogP contribution is -2.36. The van der Waals surface area contributed by atoms with E-state index in [1.807, 2.05) is 12.1 Å². The van der Waals surface area contributed by atoms with Crippen molar-refractivity contribution in [1.82, 2.24) is 15.4 Å². The summed E-state index contributed by atoms with van der Waals surface area (Å²) in [4.78, 5) is 23.1. The molecule has 4 rings (SSSR count). The molecule has 0 aliphatic carbocycles. The topological polar surface area (TPSA) is 96.2 Å². The molecule has 0 atom stereocenters. The molecule has 8 heteroatoms. The molecule has 1 fully saturated rings. The molecule has 0 bridgehead atoms. The van der Waals surface area contributed by atoms with Crippen LogP contribution in [0.25, 0.3) is 0 Å². The summed E-state index contributed by atoms with van der Waals surface area (Å²) >= 11 is 3.36. The molecule has 7 nitrogen and oxygen atoms in total. The zero-order chi connectivity index (χ0) is 21.6. The normalized spacial score (nSPS) is 14.3. The molecule has 1 amide bonds. The highest BCUT2D eigenvalue weighted by atomic mass is 79.9. The minimum Gasteiger partial charge on any atom is -0.393 e. The van der Waals surface area contributed by atoms with Crippen LogP contribution in [0.5, 0.6) is 0 Å². The number of hydrogen-bond acceptors (Lipinski definition) is 6. The second-order valence-electron chi connectivity index (χ2n) is 7.67. The van der Waals surface area contributed by atoms with Gasteiger partial charge in [0.1, 0.15) is 12.0 Å². The molecule has 0 unspecified atom stereocenters. The summed E-state index contributed by atoms with van der Waals surface area (Å²) in [6.45, 7) is 1.78. The number of carbonyl (C=O) groups is 1. The number of nitrogens with one attached hydrogen (secondary N) is 2. The number of piperidine rings is 1. The molecular weight excluding hydrogens is 456 g/mol. The summed E-state index contributed by atoms with van der Waals surface area (Å²) < 4.78 is 0.911. The van der Waals surface area contributed by atoms with Crippen LogP contribution >= 0.6 is 15.9 Å². The van der Waals surface area contributed by atoms with E-state index in [9.17, 15) is 4.79 Å². The van der Waals surface area contributed by atoms with Gasteiger partial charge < -0.3 is 10.6 Å². The number of rotatable bonds is 6. The van der Waals surface area contributed by atoms with Gasteiger partial charge in [0, 0.05) is 23.1 Å². The van der Waals surface area contributed by atoms with Gasteiger partial charge in [0.15, 0.2) is 11.6 Å². The van der Waals surface area contributed by atoms with E-state index in [0.717, 1.165) is 36.8 Å². The number of benzene rings is 2. The number of anilines is 3. The second kappa shape index (κ2) is 9.78. The Labute approximate surface area is 190 Å². The van der Waals surface area contributed by atoms with E-state index in [1.54, 1.807) is 12.1 Å². The number of carbonyl (C=O) groups excluding carboxylic acids is 1. The molecule has 2 aromatic carbocycles. The highest BCUT2D eigenvalue weighted by Crippen LogP contribution is 2.30. The quantitative estimate of drug-likeness (QED) is 0.460. The molecule has 2 heterocycles. The molecule has 160 valence electrons. The highest BCUT2D eigenvalue weighted by Gasteiger charge is 2.23. The summed E-state index contributed by atoms with van der Waals surface area (Å²) in [6.07, 6.45) is 4.74. The number of hydrogen-bond donors (Lipinski definition) is 3. The summed E-state index contributed by atoms with van der Waals surface area (Å²) in [6, 6.07) is 17.7. The Balaban J connectivity index is 1.35. The van der Waals surface area contributed by atoms with Gasteiger partial charge in [-0.25, -0.2) is 9.97 Å². The maximum Gasteiger partial charge on any atom is 0.269 e. The first-order valence-electron chi connectivity index (χ1n) is 10.3. The Kier molecular flexibility index (Phi) is 6.66. The first-order valence-corrected chi connectivity index (χ1v) is 11.1. The summed E-state index contributed by atoms with van der Waals surface area (Å²) in [5.41, 5.74) is 14.2. The van der Waals surface area contributed by atoms with Gasteiger partial charge in [0.05, 0.1) is 0 Å². The average Bonchev–Trinajstić information content (AvgIpc) is 2.80. The average molecular weight is 481 g/mol. The lowest BCUT2D eigenvalue weighted by molar-refractivity contribution is 0.0962. The van der Waals surface area contributed by atoms with Crippen molar-refractivity contribution in [1.29, 1.82) is 0 Å². The third-order valence-electron chi connectivity index (χ3n) is 5.54. The van der Waals surface area contributed by atoms with E-state index in [-0.39, 0.29) is 5.91 Å². The van der Waals surface area contributed by atoms with Crippen molar-refractivity contribution < 1.29 is 4.79 Å². The largest absolute Gasteiger partial charge is 0.393 e. The molecule has 1 aliphatic heterocycles. The van der Waals surface area contributed by atoms with Crippen LogP contribution in [0.4, 0.5) is 17.3 Å². The van der Waals surface area contributed by atoms with E-state index in [0.29, 0.717) is 28.8 Å². The fraction of sp³-hybridized carbons (Fsp3) is 0.261. The first-order chi connectivity index (χ1) is 15.1. The van der Waals surface area contributed by atoms with Crippen LogP contribution < -0.4 is 21.5 Å². The lowest BCUT2D eigenvalue weighted by atomic mass is 9.90. The van der Waals surface area contributed by atoms with Crippen molar-refractivity contribution in [3.05, 3.63) is 76.5 Å². The van der Waals surface area contributed by atoms with Crippen LogP contribution in [0, 0.1) is 5.92 Å². The second-order valence-corrected chi connectivity index (χ2v) is 8.58. The van der Waals surface area contributed by atoms with Crippen molar-refractivity contribution in [3.8, 4) is 0 Å². The molecule has 0 radical (unpaired) electrons. The maximum atomic E-state index is 12.3. The Morgan fingerprint density at radius 3 is 2.48 bits per heavy atom. The summed E-state index contributed by atoms with van der Waals surface area (Å²) in [5.74, 6) is 1.48. The number of hydrazine groups is 1. The third-order valence-corrected chi connectivity index (χ3v) is 6.07. The van der Waals surface area contributed by atoms with Crippen LogP contribution in [0.2, 0.25) is 0 Å². The molecule has 4 N–H and O–H groups in total. The van der Waals surface area contributed by atoms with E-state index < -0.39 is 0 Å². The molecule has 0 spiro atoms. The van der Waals surface area contributed by atoms with Crippen molar-refractivity contribution in [2.24, 2.45) is 5.92 Å². The van der Waals surface area contributed by atoms with Crippen LogP contribution in [0.1, 0.15) is 28.8 Å². The number of aromatic nitrogens is 2.